The quantitative estimate of drug-likeness (QED) is 0.903. The maximum Gasteiger partial charge on any atom is 0.0530 e. The lowest BCUT2D eigenvalue weighted by Gasteiger charge is -2.09. The Morgan fingerprint density at radius 3 is 2.53 bits per heavy atom. The van der Waals surface area contributed by atoms with Gasteiger partial charge in [-0.3, -0.25) is 4.21 Å². The largest absolute Gasteiger partial charge is 0.317 e. The van der Waals surface area contributed by atoms with Crippen molar-refractivity contribution in [3.8, 4) is 0 Å². The summed E-state index contributed by atoms with van der Waals surface area (Å²) in [4.78, 5) is 0.904. The van der Waals surface area contributed by atoms with Gasteiger partial charge in [-0.15, -0.1) is 0 Å². The number of hydrogen-bond acceptors (Lipinski definition) is 2. The average molecular weight is 290 g/mol. The third kappa shape index (κ3) is 4.45. The molecule has 4 heteroatoms. The molecule has 0 aromatic heterocycles. The lowest BCUT2D eigenvalue weighted by atomic mass is 10.3. The van der Waals surface area contributed by atoms with Crippen LogP contribution in [0.1, 0.15) is 13.3 Å². The van der Waals surface area contributed by atoms with Gasteiger partial charge >= 0.3 is 0 Å². The van der Waals surface area contributed by atoms with Gasteiger partial charge in [-0.1, -0.05) is 15.9 Å². The molecule has 1 aromatic carbocycles. The zero-order valence-electron chi connectivity index (χ0n) is 9.00. The van der Waals surface area contributed by atoms with Gasteiger partial charge in [0.25, 0.3) is 0 Å². The Kier molecular flexibility index (Phi) is 5.50. The van der Waals surface area contributed by atoms with Crippen LogP contribution in [0.25, 0.3) is 0 Å². The number of benzene rings is 1. The van der Waals surface area contributed by atoms with Crippen LogP contribution in [-0.4, -0.2) is 23.1 Å². The molecule has 2 atom stereocenters. The second-order valence-electron chi connectivity index (χ2n) is 3.48. The molecule has 1 aromatic rings. The zero-order chi connectivity index (χ0) is 11.3. The molecule has 0 aliphatic heterocycles. The fraction of sp³-hybridized carbons (Fsp3) is 0.455. The minimum atomic E-state index is -0.875. The van der Waals surface area contributed by atoms with Gasteiger partial charge in [-0.05, 0) is 44.7 Å². The SMILES string of the molecule is CNC(C)CCS(=O)c1ccc(Br)cc1. The highest BCUT2D eigenvalue weighted by Gasteiger charge is 2.05. The van der Waals surface area contributed by atoms with Gasteiger partial charge in [-0.2, -0.15) is 0 Å². The van der Waals surface area contributed by atoms with Crippen LogP contribution in [-0.2, 0) is 10.8 Å². The van der Waals surface area contributed by atoms with E-state index in [0.29, 0.717) is 11.8 Å². The van der Waals surface area contributed by atoms with E-state index in [1.165, 1.54) is 0 Å². The highest BCUT2D eigenvalue weighted by Crippen LogP contribution is 2.14. The van der Waals surface area contributed by atoms with E-state index in [-0.39, 0.29) is 0 Å². The summed E-state index contributed by atoms with van der Waals surface area (Å²) in [6.45, 7) is 2.10. The molecule has 0 aliphatic rings. The summed E-state index contributed by atoms with van der Waals surface area (Å²) in [6, 6.07) is 8.09. The summed E-state index contributed by atoms with van der Waals surface area (Å²) >= 11 is 3.36. The van der Waals surface area contributed by atoms with Crippen molar-refractivity contribution in [2.24, 2.45) is 0 Å². The fourth-order valence-electron chi connectivity index (χ4n) is 1.13. The second-order valence-corrected chi connectivity index (χ2v) is 5.97. The average Bonchev–Trinajstić information content (AvgIpc) is 2.26. The predicted molar refractivity (Wildman–Crippen MR) is 68.6 cm³/mol. The summed E-state index contributed by atoms with van der Waals surface area (Å²) in [7, 11) is 1.05. The molecule has 15 heavy (non-hydrogen) atoms. The van der Waals surface area contributed by atoms with E-state index >= 15 is 0 Å². The summed E-state index contributed by atoms with van der Waals surface area (Å²) in [5, 5.41) is 3.14. The predicted octanol–water partition coefficient (Wildman–Crippen LogP) is 2.55. The van der Waals surface area contributed by atoms with Crippen molar-refractivity contribution in [3.63, 3.8) is 0 Å². The fourth-order valence-corrected chi connectivity index (χ4v) is 2.64. The molecule has 0 radical (unpaired) electrons. The summed E-state index contributed by atoms with van der Waals surface area (Å²) in [5.41, 5.74) is 0. The molecule has 84 valence electrons. The van der Waals surface area contributed by atoms with E-state index < -0.39 is 10.8 Å². The molecule has 0 spiro atoms. The highest BCUT2D eigenvalue weighted by molar-refractivity contribution is 9.10. The summed E-state index contributed by atoms with van der Waals surface area (Å²) in [5.74, 6) is 0.712. The molecule has 2 unspecified atom stereocenters. The van der Waals surface area contributed by atoms with Crippen molar-refractivity contribution in [2.75, 3.05) is 12.8 Å². The highest BCUT2D eigenvalue weighted by atomic mass is 79.9. The number of nitrogens with one attached hydrogen (secondary N) is 1. The smallest absolute Gasteiger partial charge is 0.0530 e. The van der Waals surface area contributed by atoms with Crippen molar-refractivity contribution in [2.45, 2.75) is 24.3 Å². The Balaban J connectivity index is 2.50. The van der Waals surface area contributed by atoms with Crippen molar-refractivity contribution < 1.29 is 4.21 Å². The number of rotatable bonds is 5. The van der Waals surface area contributed by atoms with Crippen LogP contribution in [0.3, 0.4) is 0 Å². The maximum absolute atomic E-state index is 11.8. The van der Waals surface area contributed by atoms with Crippen molar-refractivity contribution in [1.29, 1.82) is 0 Å². The normalized spacial score (nSPS) is 14.9. The Labute approximate surface area is 102 Å². The van der Waals surface area contributed by atoms with Gasteiger partial charge in [0.1, 0.15) is 0 Å². The maximum atomic E-state index is 11.8. The standard InChI is InChI=1S/C11H16BrNOS/c1-9(13-2)7-8-15(14)11-5-3-10(12)4-6-11/h3-6,9,13H,7-8H2,1-2H3. The molecular formula is C11H16BrNOS. The molecule has 0 heterocycles. The molecule has 0 aliphatic carbocycles. The summed E-state index contributed by atoms with van der Waals surface area (Å²) in [6.07, 6.45) is 0.930. The van der Waals surface area contributed by atoms with E-state index in [1.807, 2.05) is 31.3 Å². The van der Waals surface area contributed by atoms with Crippen LogP contribution < -0.4 is 5.32 Å². The minimum absolute atomic E-state index is 0.421. The van der Waals surface area contributed by atoms with E-state index in [1.54, 1.807) is 0 Å². The molecule has 0 bridgehead atoms. The van der Waals surface area contributed by atoms with Gasteiger partial charge < -0.3 is 5.32 Å². The number of hydrogen-bond donors (Lipinski definition) is 1. The van der Waals surface area contributed by atoms with Crippen LogP contribution in [0, 0.1) is 0 Å². The first kappa shape index (κ1) is 12.9. The van der Waals surface area contributed by atoms with Crippen LogP contribution in [0.4, 0.5) is 0 Å². The minimum Gasteiger partial charge on any atom is -0.317 e. The van der Waals surface area contributed by atoms with Gasteiger partial charge in [0, 0.05) is 21.2 Å². The van der Waals surface area contributed by atoms with Crippen molar-refractivity contribution in [3.05, 3.63) is 28.7 Å². The first-order chi connectivity index (χ1) is 7.13. The summed E-state index contributed by atoms with van der Waals surface area (Å²) < 4.78 is 12.9. The van der Waals surface area contributed by atoms with Crippen LogP contribution in [0.2, 0.25) is 0 Å². The first-order valence-corrected chi connectivity index (χ1v) is 7.06. The van der Waals surface area contributed by atoms with Gasteiger partial charge in [0.15, 0.2) is 0 Å². The molecule has 2 nitrogen and oxygen atoms in total. The second kappa shape index (κ2) is 6.40. The lowest BCUT2D eigenvalue weighted by molar-refractivity contribution is 0.591. The zero-order valence-corrected chi connectivity index (χ0v) is 11.4. The molecule has 0 saturated carbocycles. The van der Waals surface area contributed by atoms with Crippen molar-refractivity contribution in [1.82, 2.24) is 5.32 Å². The molecule has 0 fully saturated rings. The molecule has 0 amide bonds. The Bertz CT molecular complexity index is 326. The lowest BCUT2D eigenvalue weighted by Crippen LogP contribution is -2.23. The van der Waals surface area contributed by atoms with Crippen LogP contribution >= 0.6 is 15.9 Å². The van der Waals surface area contributed by atoms with Crippen LogP contribution in [0.15, 0.2) is 33.6 Å². The van der Waals surface area contributed by atoms with E-state index in [2.05, 4.69) is 28.2 Å². The molecular weight excluding hydrogens is 274 g/mol. The Morgan fingerprint density at radius 2 is 2.00 bits per heavy atom. The molecule has 0 saturated heterocycles. The Hall–Kier alpha value is -0.190. The topological polar surface area (TPSA) is 29.1 Å². The van der Waals surface area contributed by atoms with E-state index in [4.69, 9.17) is 0 Å². The third-order valence-electron chi connectivity index (χ3n) is 2.31. The monoisotopic (exact) mass is 289 g/mol. The molecule has 1 N–H and O–H groups in total. The van der Waals surface area contributed by atoms with Crippen LogP contribution in [0.5, 0.6) is 0 Å². The van der Waals surface area contributed by atoms with E-state index in [0.717, 1.165) is 15.8 Å². The van der Waals surface area contributed by atoms with Gasteiger partial charge in [-0.25, -0.2) is 0 Å². The third-order valence-corrected chi connectivity index (χ3v) is 4.24. The Morgan fingerprint density at radius 1 is 1.40 bits per heavy atom. The van der Waals surface area contributed by atoms with Gasteiger partial charge in [0.05, 0.1) is 10.8 Å². The van der Waals surface area contributed by atoms with Gasteiger partial charge in [0.2, 0.25) is 0 Å². The molecule has 1 rings (SSSR count). The van der Waals surface area contributed by atoms with Crippen molar-refractivity contribution >= 4 is 26.7 Å². The van der Waals surface area contributed by atoms with E-state index in [9.17, 15) is 4.21 Å². The first-order valence-electron chi connectivity index (χ1n) is 4.94. The number of halogens is 1.